The van der Waals surface area contributed by atoms with Gasteiger partial charge in [-0.05, 0) is 35.9 Å². The average molecular weight is 361 g/mol. The number of hydrogen-bond acceptors (Lipinski definition) is 3. The van der Waals surface area contributed by atoms with E-state index in [9.17, 15) is 14.4 Å². The van der Waals surface area contributed by atoms with Gasteiger partial charge in [0.2, 0.25) is 0 Å². The first-order valence-electron chi connectivity index (χ1n) is 6.89. The van der Waals surface area contributed by atoms with Crippen molar-refractivity contribution in [3.8, 4) is 0 Å². The maximum Gasteiger partial charge on any atom is 0.335 e. The smallest absolute Gasteiger partial charge is 0.273 e. The van der Waals surface area contributed by atoms with Crippen LogP contribution in [0.1, 0.15) is 5.56 Å². The summed E-state index contributed by atoms with van der Waals surface area (Å²) < 4.78 is 0. The number of imide groups is 2. The molecule has 1 fully saturated rings. The molecule has 1 heterocycles. The molecule has 1 aliphatic heterocycles. The minimum absolute atomic E-state index is 0.170. The Hall–Kier alpha value is -2.63. The number of carbonyl (C=O) groups excluding carboxylic acids is 3. The monoisotopic (exact) mass is 360 g/mol. The fraction of sp³-hybridized carbons (Fsp3) is 0. The summed E-state index contributed by atoms with van der Waals surface area (Å²) in [7, 11) is 0. The van der Waals surface area contributed by atoms with Crippen LogP contribution in [0.15, 0.2) is 54.1 Å². The SMILES string of the molecule is O=C1NC(=O)N(c2ccccc2)C(=O)/C1=C/c1ccc(Cl)c(Cl)c1. The second-order valence-electron chi connectivity index (χ2n) is 4.97. The number of rotatable bonds is 2. The molecule has 0 unspecified atom stereocenters. The van der Waals surface area contributed by atoms with E-state index in [0.29, 0.717) is 21.3 Å². The first-order chi connectivity index (χ1) is 11.5. The van der Waals surface area contributed by atoms with Gasteiger partial charge >= 0.3 is 6.03 Å². The van der Waals surface area contributed by atoms with E-state index in [1.54, 1.807) is 42.5 Å². The van der Waals surface area contributed by atoms with Crippen LogP contribution in [0.25, 0.3) is 6.08 Å². The number of halogens is 2. The molecule has 0 atom stereocenters. The Kier molecular flexibility index (Phi) is 4.38. The maximum atomic E-state index is 12.6. The Labute approximate surface area is 147 Å². The zero-order chi connectivity index (χ0) is 17.3. The van der Waals surface area contributed by atoms with Crippen molar-refractivity contribution < 1.29 is 14.4 Å². The Balaban J connectivity index is 2.02. The molecule has 5 nitrogen and oxygen atoms in total. The highest BCUT2D eigenvalue weighted by Gasteiger charge is 2.36. The molecule has 0 aromatic heterocycles. The highest BCUT2D eigenvalue weighted by molar-refractivity contribution is 6.42. The molecular formula is C17H10Cl2N2O3. The van der Waals surface area contributed by atoms with Crippen molar-refractivity contribution in [2.24, 2.45) is 0 Å². The molecule has 0 aliphatic carbocycles. The first kappa shape index (κ1) is 16.2. The number of carbonyl (C=O) groups is 3. The first-order valence-corrected chi connectivity index (χ1v) is 7.64. The summed E-state index contributed by atoms with van der Waals surface area (Å²) in [5.41, 5.74) is 0.717. The van der Waals surface area contributed by atoms with Gasteiger partial charge < -0.3 is 0 Å². The third-order valence-corrected chi connectivity index (χ3v) is 4.11. The molecule has 1 N–H and O–H groups in total. The highest BCUT2D eigenvalue weighted by Crippen LogP contribution is 2.25. The van der Waals surface area contributed by atoms with Crippen LogP contribution in [-0.4, -0.2) is 17.8 Å². The molecule has 4 amide bonds. The molecule has 2 aromatic rings. The standard InChI is InChI=1S/C17H10Cl2N2O3/c18-13-7-6-10(9-14(13)19)8-12-15(22)20-17(24)21(16(12)23)11-4-2-1-3-5-11/h1-9H,(H,20,22,24)/b12-8+. The summed E-state index contributed by atoms with van der Waals surface area (Å²) in [4.78, 5) is 37.6. The van der Waals surface area contributed by atoms with Crippen molar-refractivity contribution in [1.82, 2.24) is 5.32 Å². The number of anilines is 1. The maximum absolute atomic E-state index is 12.6. The summed E-state index contributed by atoms with van der Waals surface area (Å²) in [6.07, 6.45) is 1.36. The second-order valence-corrected chi connectivity index (χ2v) is 5.78. The largest absolute Gasteiger partial charge is 0.335 e. The molecule has 0 spiro atoms. The van der Waals surface area contributed by atoms with Crippen LogP contribution in [0.3, 0.4) is 0 Å². The lowest BCUT2D eigenvalue weighted by atomic mass is 10.1. The quantitative estimate of drug-likeness (QED) is 0.656. The minimum atomic E-state index is -0.789. The van der Waals surface area contributed by atoms with E-state index in [0.717, 1.165) is 4.90 Å². The van der Waals surface area contributed by atoms with Gasteiger partial charge in [0.1, 0.15) is 5.57 Å². The van der Waals surface area contributed by atoms with Crippen molar-refractivity contribution in [3.05, 3.63) is 69.7 Å². The molecule has 2 aromatic carbocycles. The van der Waals surface area contributed by atoms with Crippen molar-refractivity contribution in [3.63, 3.8) is 0 Å². The number of nitrogens with one attached hydrogen (secondary N) is 1. The number of nitrogens with zero attached hydrogens (tertiary/aromatic N) is 1. The number of hydrogen-bond donors (Lipinski definition) is 1. The summed E-state index contributed by atoms with van der Waals surface area (Å²) in [5.74, 6) is -1.47. The van der Waals surface area contributed by atoms with E-state index in [4.69, 9.17) is 23.2 Å². The van der Waals surface area contributed by atoms with E-state index in [1.807, 2.05) is 0 Å². The van der Waals surface area contributed by atoms with Gasteiger partial charge in [-0.1, -0.05) is 47.5 Å². The fourth-order valence-corrected chi connectivity index (χ4v) is 2.54. The topological polar surface area (TPSA) is 66.5 Å². The minimum Gasteiger partial charge on any atom is -0.273 e. The van der Waals surface area contributed by atoms with Crippen LogP contribution in [-0.2, 0) is 9.59 Å². The number of barbiturate groups is 1. The van der Waals surface area contributed by atoms with Crippen LogP contribution in [0.5, 0.6) is 0 Å². The molecule has 0 radical (unpaired) electrons. The van der Waals surface area contributed by atoms with Crippen LogP contribution in [0.4, 0.5) is 10.5 Å². The van der Waals surface area contributed by atoms with E-state index in [-0.39, 0.29) is 5.57 Å². The molecule has 1 saturated heterocycles. The second kappa shape index (κ2) is 6.47. The number of amides is 4. The number of urea groups is 1. The Morgan fingerprint density at radius 1 is 0.917 bits per heavy atom. The molecular weight excluding hydrogens is 351 g/mol. The lowest BCUT2D eigenvalue weighted by molar-refractivity contribution is -0.122. The normalized spacial score (nSPS) is 16.5. The molecule has 120 valence electrons. The van der Waals surface area contributed by atoms with E-state index < -0.39 is 17.8 Å². The van der Waals surface area contributed by atoms with Gasteiger partial charge in [-0.2, -0.15) is 0 Å². The molecule has 1 aliphatic rings. The molecule has 24 heavy (non-hydrogen) atoms. The van der Waals surface area contributed by atoms with E-state index in [2.05, 4.69) is 5.32 Å². The Morgan fingerprint density at radius 3 is 2.29 bits per heavy atom. The predicted molar refractivity (Wildman–Crippen MR) is 91.9 cm³/mol. The Morgan fingerprint density at radius 2 is 1.62 bits per heavy atom. The van der Waals surface area contributed by atoms with Crippen molar-refractivity contribution in [2.75, 3.05) is 4.90 Å². The lowest BCUT2D eigenvalue weighted by Gasteiger charge is -2.26. The third-order valence-electron chi connectivity index (χ3n) is 3.37. The van der Waals surface area contributed by atoms with E-state index in [1.165, 1.54) is 12.1 Å². The average Bonchev–Trinajstić information content (AvgIpc) is 2.55. The summed E-state index contributed by atoms with van der Waals surface area (Å²) in [6.45, 7) is 0. The predicted octanol–water partition coefficient (Wildman–Crippen LogP) is 3.66. The third kappa shape index (κ3) is 3.04. The number of benzene rings is 2. The van der Waals surface area contributed by atoms with Crippen LogP contribution in [0, 0.1) is 0 Å². The van der Waals surface area contributed by atoms with Gasteiger partial charge in [-0.25, -0.2) is 9.69 Å². The summed E-state index contributed by atoms with van der Waals surface area (Å²) in [6, 6.07) is 12.3. The van der Waals surface area contributed by atoms with Gasteiger partial charge in [0.05, 0.1) is 15.7 Å². The zero-order valence-corrected chi connectivity index (χ0v) is 13.6. The van der Waals surface area contributed by atoms with Gasteiger partial charge in [-0.3, -0.25) is 14.9 Å². The highest BCUT2D eigenvalue weighted by atomic mass is 35.5. The summed E-state index contributed by atoms with van der Waals surface area (Å²) >= 11 is 11.8. The van der Waals surface area contributed by atoms with Crippen molar-refractivity contribution in [2.45, 2.75) is 0 Å². The van der Waals surface area contributed by atoms with Crippen LogP contribution >= 0.6 is 23.2 Å². The molecule has 0 saturated carbocycles. The fourth-order valence-electron chi connectivity index (χ4n) is 2.24. The van der Waals surface area contributed by atoms with Gasteiger partial charge in [0.25, 0.3) is 11.8 Å². The van der Waals surface area contributed by atoms with Crippen LogP contribution < -0.4 is 10.2 Å². The molecule has 0 bridgehead atoms. The van der Waals surface area contributed by atoms with Crippen molar-refractivity contribution >= 4 is 52.8 Å². The summed E-state index contributed by atoms with van der Waals surface area (Å²) in [5, 5.41) is 2.81. The molecule has 3 rings (SSSR count). The van der Waals surface area contributed by atoms with Gasteiger partial charge in [-0.15, -0.1) is 0 Å². The van der Waals surface area contributed by atoms with Gasteiger partial charge in [0.15, 0.2) is 0 Å². The molecule has 7 heteroatoms. The zero-order valence-electron chi connectivity index (χ0n) is 12.1. The van der Waals surface area contributed by atoms with Crippen LogP contribution in [0.2, 0.25) is 10.0 Å². The van der Waals surface area contributed by atoms with Gasteiger partial charge in [0, 0.05) is 0 Å². The lowest BCUT2D eigenvalue weighted by Crippen LogP contribution is -2.54. The van der Waals surface area contributed by atoms with Crippen molar-refractivity contribution in [1.29, 1.82) is 0 Å². The Bertz CT molecular complexity index is 879. The number of para-hydroxylation sites is 1. The van der Waals surface area contributed by atoms with E-state index >= 15 is 0 Å².